The molecule has 0 bridgehead atoms. The molecule has 2 rings (SSSR count). The Bertz CT molecular complexity index is 483. The molecule has 1 heterocycles. The van der Waals surface area contributed by atoms with Crippen LogP contribution in [-0.4, -0.2) is 41.9 Å². The predicted molar refractivity (Wildman–Crippen MR) is 79.4 cm³/mol. The van der Waals surface area contributed by atoms with Crippen LogP contribution in [0.15, 0.2) is 18.2 Å². The maximum absolute atomic E-state index is 10.8. The quantitative estimate of drug-likeness (QED) is 0.493. The Kier molecular flexibility index (Phi) is 4.58. The molecule has 0 aliphatic carbocycles. The van der Waals surface area contributed by atoms with Crippen molar-refractivity contribution in [2.45, 2.75) is 19.1 Å². The van der Waals surface area contributed by atoms with Crippen molar-refractivity contribution < 1.29 is 14.8 Å². The van der Waals surface area contributed by atoms with Gasteiger partial charge in [-0.1, -0.05) is 0 Å². The van der Waals surface area contributed by atoms with Gasteiger partial charge in [0, 0.05) is 24.8 Å². The fourth-order valence-corrected chi connectivity index (χ4v) is 2.89. The average molecular weight is 378 g/mol. The lowest BCUT2D eigenvalue weighted by Crippen LogP contribution is -2.48. The number of nitro benzene ring substituents is 1. The first-order valence-electron chi connectivity index (χ1n) is 5.96. The summed E-state index contributed by atoms with van der Waals surface area (Å²) in [5.41, 5.74) is 1.04. The Morgan fingerprint density at radius 2 is 2.32 bits per heavy atom. The third-order valence-corrected chi connectivity index (χ3v) is 3.89. The second-order valence-corrected chi connectivity index (χ2v) is 5.71. The van der Waals surface area contributed by atoms with Gasteiger partial charge in [-0.25, -0.2) is 0 Å². The third-order valence-electron chi connectivity index (χ3n) is 3.02. The average Bonchev–Trinajstić information content (AvgIpc) is 2.37. The van der Waals surface area contributed by atoms with Crippen molar-refractivity contribution in [2.24, 2.45) is 0 Å². The van der Waals surface area contributed by atoms with Gasteiger partial charge in [0.1, 0.15) is 0 Å². The van der Waals surface area contributed by atoms with Gasteiger partial charge < -0.3 is 14.7 Å². The summed E-state index contributed by atoms with van der Waals surface area (Å²) in [6.45, 7) is 3.23. The van der Waals surface area contributed by atoms with E-state index in [-0.39, 0.29) is 29.4 Å². The number of ether oxygens (including phenoxy) is 1. The summed E-state index contributed by atoms with van der Waals surface area (Å²) in [7, 11) is 0. The number of hydrogen-bond acceptors (Lipinski definition) is 5. The predicted octanol–water partition coefficient (Wildman–Crippen LogP) is 1.79. The molecule has 0 aromatic heterocycles. The van der Waals surface area contributed by atoms with Gasteiger partial charge in [0.2, 0.25) is 0 Å². The zero-order valence-electron chi connectivity index (χ0n) is 10.5. The monoisotopic (exact) mass is 378 g/mol. The highest BCUT2D eigenvalue weighted by atomic mass is 127. The van der Waals surface area contributed by atoms with Crippen LogP contribution in [0.4, 0.5) is 11.4 Å². The largest absolute Gasteiger partial charge is 0.394 e. The van der Waals surface area contributed by atoms with Crippen molar-refractivity contribution in [1.29, 1.82) is 0 Å². The molecule has 0 amide bonds. The second-order valence-electron chi connectivity index (χ2n) is 4.55. The number of morpholine rings is 1. The second kappa shape index (κ2) is 6.02. The van der Waals surface area contributed by atoms with Crippen LogP contribution in [0.3, 0.4) is 0 Å². The van der Waals surface area contributed by atoms with Gasteiger partial charge in [-0.15, -0.1) is 0 Å². The fraction of sp³-hybridized carbons (Fsp3) is 0.500. The van der Waals surface area contributed by atoms with Crippen molar-refractivity contribution in [1.82, 2.24) is 0 Å². The molecular formula is C12H15IN2O4. The Labute approximate surface area is 124 Å². The van der Waals surface area contributed by atoms with Crippen LogP contribution in [0.25, 0.3) is 0 Å². The van der Waals surface area contributed by atoms with Crippen molar-refractivity contribution in [2.75, 3.05) is 24.6 Å². The number of rotatable bonds is 3. The summed E-state index contributed by atoms with van der Waals surface area (Å²) >= 11 is 1.97. The molecule has 1 fully saturated rings. The minimum absolute atomic E-state index is 0.0229. The summed E-state index contributed by atoms with van der Waals surface area (Å²) in [4.78, 5) is 12.5. The van der Waals surface area contributed by atoms with Gasteiger partial charge in [-0.3, -0.25) is 10.1 Å². The number of hydrogen-bond donors (Lipinski definition) is 1. The van der Waals surface area contributed by atoms with E-state index in [0.29, 0.717) is 16.7 Å². The number of anilines is 1. The molecule has 1 aliphatic rings. The standard InChI is InChI=1S/C12H15IN2O4/c1-8-5-14(6-10(7-16)19-8)9-2-3-12(15(17)18)11(13)4-9/h2-4,8,10,16H,5-7H2,1H3. The Morgan fingerprint density at radius 3 is 2.89 bits per heavy atom. The summed E-state index contributed by atoms with van der Waals surface area (Å²) in [6, 6.07) is 5.06. The molecule has 0 saturated carbocycles. The number of aliphatic hydroxyl groups excluding tert-OH is 1. The van der Waals surface area contributed by atoms with E-state index >= 15 is 0 Å². The highest BCUT2D eigenvalue weighted by Crippen LogP contribution is 2.28. The van der Waals surface area contributed by atoms with Crippen LogP contribution in [0.5, 0.6) is 0 Å². The Hall–Kier alpha value is -0.930. The Morgan fingerprint density at radius 1 is 1.58 bits per heavy atom. The zero-order chi connectivity index (χ0) is 14.0. The fourth-order valence-electron chi connectivity index (χ4n) is 2.20. The molecule has 2 unspecified atom stereocenters. The number of nitrogens with zero attached hydrogens (tertiary/aromatic N) is 2. The molecule has 1 aliphatic heterocycles. The van der Waals surface area contributed by atoms with Crippen LogP contribution in [0, 0.1) is 13.7 Å². The highest BCUT2D eigenvalue weighted by molar-refractivity contribution is 14.1. The number of halogens is 1. The van der Waals surface area contributed by atoms with E-state index in [1.807, 2.05) is 29.5 Å². The van der Waals surface area contributed by atoms with E-state index in [1.165, 1.54) is 6.07 Å². The smallest absolute Gasteiger partial charge is 0.282 e. The van der Waals surface area contributed by atoms with Gasteiger partial charge in [0.15, 0.2) is 0 Å². The number of nitro groups is 1. The third kappa shape index (κ3) is 3.34. The first kappa shape index (κ1) is 14.5. The lowest BCUT2D eigenvalue weighted by molar-refractivity contribution is -0.385. The molecule has 7 heteroatoms. The first-order chi connectivity index (χ1) is 9.01. The van der Waals surface area contributed by atoms with Crippen molar-refractivity contribution in [3.63, 3.8) is 0 Å². The van der Waals surface area contributed by atoms with E-state index in [0.717, 1.165) is 5.69 Å². The van der Waals surface area contributed by atoms with Crippen molar-refractivity contribution in [3.05, 3.63) is 31.9 Å². The molecule has 19 heavy (non-hydrogen) atoms. The molecule has 2 atom stereocenters. The minimum Gasteiger partial charge on any atom is -0.394 e. The van der Waals surface area contributed by atoms with Crippen LogP contribution in [0.2, 0.25) is 0 Å². The van der Waals surface area contributed by atoms with Crippen molar-refractivity contribution >= 4 is 34.0 Å². The summed E-state index contributed by atoms with van der Waals surface area (Å²) < 4.78 is 6.19. The SMILES string of the molecule is CC1CN(c2ccc([N+](=O)[O-])c(I)c2)CC(CO)O1. The molecule has 6 nitrogen and oxygen atoms in total. The molecule has 1 N–H and O–H groups in total. The molecule has 1 saturated heterocycles. The lowest BCUT2D eigenvalue weighted by atomic mass is 10.2. The normalized spacial score (nSPS) is 23.4. The van der Waals surface area contributed by atoms with Crippen LogP contribution in [-0.2, 0) is 4.74 Å². The van der Waals surface area contributed by atoms with Crippen LogP contribution >= 0.6 is 22.6 Å². The summed E-state index contributed by atoms with van der Waals surface area (Å²) in [5.74, 6) is 0. The minimum atomic E-state index is -0.385. The number of benzene rings is 1. The van der Waals surface area contributed by atoms with Gasteiger partial charge in [0.25, 0.3) is 5.69 Å². The van der Waals surface area contributed by atoms with Gasteiger partial charge >= 0.3 is 0 Å². The summed E-state index contributed by atoms with van der Waals surface area (Å²) in [6.07, 6.45) is -0.185. The maximum Gasteiger partial charge on any atom is 0.282 e. The van der Waals surface area contributed by atoms with E-state index in [4.69, 9.17) is 4.74 Å². The van der Waals surface area contributed by atoms with E-state index in [9.17, 15) is 15.2 Å². The molecule has 1 aromatic rings. The van der Waals surface area contributed by atoms with Crippen molar-refractivity contribution in [3.8, 4) is 0 Å². The van der Waals surface area contributed by atoms with Gasteiger partial charge in [0.05, 0.1) is 27.3 Å². The lowest BCUT2D eigenvalue weighted by Gasteiger charge is -2.37. The molecule has 0 radical (unpaired) electrons. The Balaban J connectivity index is 2.21. The zero-order valence-corrected chi connectivity index (χ0v) is 12.6. The first-order valence-corrected chi connectivity index (χ1v) is 7.04. The van der Waals surface area contributed by atoms with E-state index < -0.39 is 0 Å². The number of aliphatic hydroxyl groups is 1. The van der Waals surface area contributed by atoms with E-state index in [1.54, 1.807) is 12.1 Å². The maximum atomic E-state index is 10.8. The highest BCUT2D eigenvalue weighted by Gasteiger charge is 2.25. The molecule has 0 spiro atoms. The molecule has 1 aromatic carbocycles. The van der Waals surface area contributed by atoms with Crippen LogP contribution < -0.4 is 4.90 Å². The van der Waals surface area contributed by atoms with Gasteiger partial charge in [-0.2, -0.15) is 0 Å². The van der Waals surface area contributed by atoms with E-state index in [2.05, 4.69) is 4.90 Å². The van der Waals surface area contributed by atoms with Crippen LogP contribution in [0.1, 0.15) is 6.92 Å². The molecular weight excluding hydrogens is 363 g/mol. The topological polar surface area (TPSA) is 75.8 Å². The molecule has 104 valence electrons. The van der Waals surface area contributed by atoms with Gasteiger partial charge in [-0.05, 0) is 41.6 Å². The summed E-state index contributed by atoms with van der Waals surface area (Å²) in [5, 5.41) is 20.0.